The number of thioether (sulfide) groups is 1. The zero-order valence-corrected chi connectivity index (χ0v) is 15.6. The van der Waals surface area contributed by atoms with Crippen LogP contribution in [0.2, 0.25) is 0 Å². The van der Waals surface area contributed by atoms with Gasteiger partial charge in [0.15, 0.2) is 0 Å². The number of aromatic nitrogens is 4. The molecule has 1 aromatic carbocycles. The van der Waals surface area contributed by atoms with Crippen LogP contribution in [0.1, 0.15) is 36.3 Å². The van der Waals surface area contributed by atoms with Crippen molar-refractivity contribution in [2.45, 2.75) is 25.1 Å². The van der Waals surface area contributed by atoms with E-state index in [0.29, 0.717) is 17.1 Å². The van der Waals surface area contributed by atoms with E-state index in [1.54, 1.807) is 23.0 Å². The fourth-order valence-electron chi connectivity index (χ4n) is 3.22. The molecule has 0 aliphatic carbocycles. The molecule has 2 aromatic heterocycles. The van der Waals surface area contributed by atoms with E-state index in [9.17, 15) is 14.0 Å². The van der Waals surface area contributed by atoms with Gasteiger partial charge in [-0.1, -0.05) is 0 Å². The Morgan fingerprint density at radius 1 is 1.26 bits per heavy atom. The van der Waals surface area contributed by atoms with Crippen molar-refractivity contribution in [3.05, 3.63) is 57.8 Å². The fraction of sp³-hybridized carbons (Fsp3) is 0.278. The van der Waals surface area contributed by atoms with E-state index in [-0.39, 0.29) is 34.3 Å². The molecule has 3 aromatic rings. The average Bonchev–Trinajstić information content (AvgIpc) is 3.18. The van der Waals surface area contributed by atoms with Crippen LogP contribution in [0.5, 0.6) is 0 Å². The molecular formula is C18H18FN5O2S. The SMILES string of the molecule is CC(C)n1[nH]c(=O)c2c1NC(=O)CS[C@H]2c1cn[nH]c1-c1ccc(F)cc1. The van der Waals surface area contributed by atoms with Gasteiger partial charge in [0, 0.05) is 17.2 Å². The number of carbonyl (C=O) groups is 1. The Kier molecular flexibility index (Phi) is 4.39. The van der Waals surface area contributed by atoms with Crippen LogP contribution >= 0.6 is 11.8 Å². The Morgan fingerprint density at radius 3 is 2.70 bits per heavy atom. The van der Waals surface area contributed by atoms with Gasteiger partial charge < -0.3 is 5.32 Å². The molecule has 7 nitrogen and oxygen atoms in total. The molecule has 1 aliphatic rings. The normalized spacial score (nSPS) is 16.9. The molecule has 140 valence electrons. The third-order valence-electron chi connectivity index (χ3n) is 4.46. The predicted octanol–water partition coefficient (Wildman–Crippen LogP) is 3.06. The number of benzene rings is 1. The molecule has 3 N–H and O–H groups in total. The first-order valence-corrected chi connectivity index (χ1v) is 9.55. The van der Waals surface area contributed by atoms with E-state index in [1.165, 1.54) is 23.9 Å². The summed E-state index contributed by atoms with van der Waals surface area (Å²) in [6, 6.07) is 6.03. The third-order valence-corrected chi connectivity index (χ3v) is 5.72. The lowest BCUT2D eigenvalue weighted by Gasteiger charge is -2.15. The number of fused-ring (bicyclic) bond motifs is 1. The molecule has 0 fully saturated rings. The highest BCUT2D eigenvalue weighted by atomic mass is 32.2. The smallest absolute Gasteiger partial charge is 0.270 e. The predicted molar refractivity (Wildman–Crippen MR) is 102 cm³/mol. The zero-order valence-electron chi connectivity index (χ0n) is 14.7. The van der Waals surface area contributed by atoms with E-state index >= 15 is 0 Å². The molecule has 3 heterocycles. The molecule has 1 amide bonds. The maximum Gasteiger partial charge on any atom is 0.270 e. The Balaban J connectivity index is 1.87. The van der Waals surface area contributed by atoms with Gasteiger partial charge in [-0.2, -0.15) is 5.10 Å². The van der Waals surface area contributed by atoms with Gasteiger partial charge in [0.25, 0.3) is 5.56 Å². The number of rotatable bonds is 3. The minimum Gasteiger partial charge on any atom is -0.310 e. The summed E-state index contributed by atoms with van der Waals surface area (Å²) in [5, 5.41) is 12.3. The standard InChI is InChI=1S/C18H18FN5O2S/c1-9(2)24-17-14(18(26)23-24)16(27-8-13(25)21-17)12-7-20-22-15(12)10-3-5-11(19)6-4-10/h3-7,9,16H,8H2,1-2H3,(H,20,22)(H,21,25)(H,23,26)/t16-/m0/s1. The summed E-state index contributed by atoms with van der Waals surface area (Å²) in [7, 11) is 0. The lowest BCUT2D eigenvalue weighted by Crippen LogP contribution is -2.17. The van der Waals surface area contributed by atoms with Gasteiger partial charge >= 0.3 is 0 Å². The molecule has 0 spiro atoms. The van der Waals surface area contributed by atoms with Crippen LogP contribution in [0, 0.1) is 5.82 Å². The van der Waals surface area contributed by atoms with Crippen molar-refractivity contribution in [3.63, 3.8) is 0 Å². The van der Waals surface area contributed by atoms with E-state index in [0.717, 1.165) is 11.1 Å². The van der Waals surface area contributed by atoms with Crippen LogP contribution in [0.3, 0.4) is 0 Å². The summed E-state index contributed by atoms with van der Waals surface area (Å²) in [5.74, 6) is 0.210. The van der Waals surface area contributed by atoms with Crippen molar-refractivity contribution in [2.75, 3.05) is 11.1 Å². The maximum atomic E-state index is 13.3. The lowest BCUT2D eigenvalue weighted by molar-refractivity contribution is -0.113. The van der Waals surface area contributed by atoms with Crippen molar-refractivity contribution in [1.82, 2.24) is 20.0 Å². The van der Waals surface area contributed by atoms with Gasteiger partial charge in [0.1, 0.15) is 11.6 Å². The van der Waals surface area contributed by atoms with Crippen LogP contribution < -0.4 is 10.9 Å². The first-order valence-electron chi connectivity index (χ1n) is 8.50. The highest BCUT2D eigenvalue weighted by molar-refractivity contribution is 8.00. The van der Waals surface area contributed by atoms with Crippen LogP contribution in [0.25, 0.3) is 11.3 Å². The summed E-state index contributed by atoms with van der Waals surface area (Å²) < 4.78 is 15.0. The lowest BCUT2D eigenvalue weighted by atomic mass is 10.0. The minimum atomic E-state index is -0.387. The van der Waals surface area contributed by atoms with E-state index in [4.69, 9.17) is 0 Å². The van der Waals surface area contributed by atoms with Crippen LogP contribution in [-0.4, -0.2) is 31.6 Å². The van der Waals surface area contributed by atoms with Gasteiger partial charge in [0.2, 0.25) is 5.91 Å². The molecular weight excluding hydrogens is 369 g/mol. The van der Waals surface area contributed by atoms with E-state index in [1.807, 2.05) is 13.8 Å². The number of nitrogens with zero attached hydrogens (tertiary/aromatic N) is 2. The van der Waals surface area contributed by atoms with Gasteiger partial charge in [-0.05, 0) is 38.1 Å². The number of nitrogens with one attached hydrogen (secondary N) is 3. The molecule has 0 bridgehead atoms. The second-order valence-electron chi connectivity index (χ2n) is 6.61. The Hall–Kier alpha value is -2.81. The third kappa shape index (κ3) is 3.08. The van der Waals surface area contributed by atoms with Crippen molar-refractivity contribution < 1.29 is 9.18 Å². The number of carbonyl (C=O) groups excluding carboxylic acids is 1. The van der Waals surface area contributed by atoms with Crippen molar-refractivity contribution in [2.24, 2.45) is 0 Å². The van der Waals surface area contributed by atoms with Gasteiger partial charge in [-0.15, -0.1) is 11.8 Å². The molecule has 27 heavy (non-hydrogen) atoms. The minimum absolute atomic E-state index is 0.0218. The largest absolute Gasteiger partial charge is 0.310 e. The fourth-order valence-corrected chi connectivity index (χ4v) is 4.35. The highest BCUT2D eigenvalue weighted by Gasteiger charge is 2.33. The average molecular weight is 387 g/mol. The summed E-state index contributed by atoms with van der Waals surface area (Å²) in [5.41, 5.74) is 2.48. The first-order chi connectivity index (χ1) is 13.0. The van der Waals surface area contributed by atoms with Gasteiger partial charge in [-0.25, -0.2) is 4.39 Å². The highest BCUT2D eigenvalue weighted by Crippen LogP contribution is 2.43. The number of anilines is 1. The molecule has 4 rings (SSSR count). The summed E-state index contributed by atoms with van der Waals surface area (Å²) >= 11 is 1.36. The number of hydrogen-bond donors (Lipinski definition) is 3. The van der Waals surface area contributed by atoms with Crippen LogP contribution in [0.4, 0.5) is 10.2 Å². The number of amides is 1. The summed E-state index contributed by atoms with van der Waals surface area (Å²) in [4.78, 5) is 24.9. The second-order valence-corrected chi connectivity index (χ2v) is 7.71. The maximum absolute atomic E-state index is 13.3. The molecule has 0 saturated heterocycles. The first kappa shape index (κ1) is 17.6. The van der Waals surface area contributed by atoms with Gasteiger partial charge in [-0.3, -0.25) is 24.5 Å². The number of H-pyrrole nitrogens is 2. The van der Waals surface area contributed by atoms with Crippen molar-refractivity contribution >= 4 is 23.5 Å². The Bertz CT molecular complexity index is 1050. The van der Waals surface area contributed by atoms with Crippen molar-refractivity contribution in [1.29, 1.82) is 0 Å². The van der Waals surface area contributed by atoms with Crippen LogP contribution in [-0.2, 0) is 4.79 Å². The summed E-state index contributed by atoms with van der Waals surface area (Å²) in [6.07, 6.45) is 1.65. The second kappa shape index (κ2) is 6.73. The number of aromatic amines is 2. The Labute approximate surface area is 158 Å². The molecule has 0 radical (unpaired) electrons. The Morgan fingerprint density at radius 2 is 2.00 bits per heavy atom. The summed E-state index contributed by atoms with van der Waals surface area (Å²) in [6.45, 7) is 3.86. The van der Waals surface area contributed by atoms with E-state index < -0.39 is 0 Å². The quantitative estimate of drug-likeness (QED) is 0.644. The molecule has 0 unspecified atom stereocenters. The number of hydrogen-bond acceptors (Lipinski definition) is 4. The molecule has 1 atom stereocenters. The zero-order chi connectivity index (χ0) is 19.1. The number of halogens is 1. The molecule has 0 saturated carbocycles. The monoisotopic (exact) mass is 387 g/mol. The van der Waals surface area contributed by atoms with Gasteiger partial charge in [0.05, 0.1) is 28.5 Å². The topological polar surface area (TPSA) is 95.6 Å². The van der Waals surface area contributed by atoms with E-state index in [2.05, 4.69) is 20.6 Å². The molecule has 1 aliphatic heterocycles. The van der Waals surface area contributed by atoms with Crippen molar-refractivity contribution in [3.8, 4) is 11.3 Å². The molecule has 9 heteroatoms. The van der Waals surface area contributed by atoms with Crippen LogP contribution in [0.15, 0.2) is 35.3 Å².